The lowest BCUT2D eigenvalue weighted by molar-refractivity contribution is 0.0796. The van der Waals surface area contributed by atoms with Crippen LogP contribution in [-0.2, 0) is 0 Å². The Morgan fingerprint density at radius 3 is 2.55 bits per heavy atom. The molecule has 0 saturated carbocycles. The molecular formula is C21H25N5O3. The van der Waals surface area contributed by atoms with E-state index in [4.69, 9.17) is 15.2 Å². The van der Waals surface area contributed by atoms with Crippen LogP contribution in [-0.4, -0.2) is 59.4 Å². The fourth-order valence-corrected chi connectivity index (χ4v) is 2.74. The summed E-state index contributed by atoms with van der Waals surface area (Å²) < 4.78 is 12.4. The van der Waals surface area contributed by atoms with Crippen molar-refractivity contribution in [2.45, 2.75) is 6.92 Å². The van der Waals surface area contributed by atoms with Crippen molar-refractivity contribution < 1.29 is 14.3 Å². The average Bonchev–Trinajstić information content (AvgIpc) is 3.22. The van der Waals surface area contributed by atoms with E-state index >= 15 is 0 Å². The molecule has 0 aliphatic heterocycles. The predicted octanol–water partition coefficient (Wildman–Crippen LogP) is 2.37. The van der Waals surface area contributed by atoms with E-state index in [1.54, 1.807) is 42.1 Å². The van der Waals surface area contributed by atoms with Gasteiger partial charge in [0.05, 0.1) is 24.7 Å². The van der Waals surface area contributed by atoms with E-state index in [1.165, 1.54) is 0 Å². The summed E-state index contributed by atoms with van der Waals surface area (Å²) >= 11 is 0. The molecule has 1 aromatic carbocycles. The predicted molar refractivity (Wildman–Crippen MR) is 111 cm³/mol. The van der Waals surface area contributed by atoms with Crippen LogP contribution >= 0.6 is 0 Å². The molecule has 3 rings (SSSR count). The number of benzene rings is 1. The van der Waals surface area contributed by atoms with Crippen molar-refractivity contribution in [3.63, 3.8) is 0 Å². The van der Waals surface area contributed by atoms with Crippen LogP contribution in [0.15, 0.2) is 48.7 Å². The molecule has 0 unspecified atom stereocenters. The topological polar surface area (TPSA) is 95.5 Å². The minimum Gasteiger partial charge on any atom is -0.492 e. The summed E-state index contributed by atoms with van der Waals surface area (Å²) in [6.45, 7) is 3.42. The molecule has 0 saturated heterocycles. The molecule has 0 radical (unpaired) electrons. The number of methoxy groups -OCH3 is 1. The molecule has 0 bridgehead atoms. The van der Waals surface area contributed by atoms with Gasteiger partial charge in [-0.25, -0.2) is 9.67 Å². The van der Waals surface area contributed by atoms with Crippen molar-refractivity contribution in [3.8, 4) is 28.6 Å². The Morgan fingerprint density at radius 1 is 1.21 bits per heavy atom. The van der Waals surface area contributed by atoms with Crippen molar-refractivity contribution >= 4 is 5.91 Å². The van der Waals surface area contributed by atoms with Crippen molar-refractivity contribution in [1.29, 1.82) is 0 Å². The number of carbonyl (C=O) groups is 1. The Balaban J connectivity index is 2.03. The van der Waals surface area contributed by atoms with Crippen molar-refractivity contribution in [2.75, 3.05) is 33.9 Å². The highest BCUT2D eigenvalue weighted by Crippen LogP contribution is 2.27. The fourth-order valence-electron chi connectivity index (χ4n) is 2.74. The standard InChI is InChI=1S/C21H25N5O3/c1-4-25(2)21(27)18-13-19(15-5-8-17(9-6-15)29-12-11-22)26(24-18)16-7-10-20(28-3)23-14-16/h5-10,13-14H,4,11-12,22H2,1-3H3. The lowest BCUT2D eigenvalue weighted by atomic mass is 10.1. The molecule has 1 amide bonds. The van der Waals surface area contributed by atoms with Crippen LogP contribution in [0.5, 0.6) is 11.6 Å². The Bertz CT molecular complexity index is 951. The number of carbonyl (C=O) groups excluding carboxylic acids is 1. The van der Waals surface area contributed by atoms with E-state index in [0.717, 1.165) is 22.7 Å². The van der Waals surface area contributed by atoms with Crippen LogP contribution < -0.4 is 15.2 Å². The SMILES string of the molecule is CCN(C)C(=O)c1cc(-c2ccc(OCCN)cc2)n(-c2ccc(OC)nc2)n1. The lowest BCUT2D eigenvalue weighted by Gasteiger charge is -2.11. The second-order valence-electron chi connectivity index (χ2n) is 6.37. The Labute approximate surface area is 169 Å². The van der Waals surface area contributed by atoms with Crippen LogP contribution in [0.25, 0.3) is 16.9 Å². The number of hydrogen-bond donors (Lipinski definition) is 1. The molecule has 8 heteroatoms. The number of rotatable bonds is 8. The van der Waals surface area contributed by atoms with E-state index in [0.29, 0.717) is 31.3 Å². The summed E-state index contributed by atoms with van der Waals surface area (Å²) in [4.78, 5) is 18.5. The van der Waals surface area contributed by atoms with Gasteiger partial charge < -0.3 is 20.1 Å². The van der Waals surface area contributed by atoms with Gasteiger partial charge in [0, 0.05) is 31.8 Å². The van der Waals surface area contributed by atoms with Gasteiger partial charge in [-0.15, -0.1) is 0 Å². The molecule has 0 spiro atoms. The number of aromatic nitrogens is 3. The third-order valence-corrected chi connectivity index (χ3v) is 4.46. The van der Waals surface area contributed by atoms with Crippen LogP contribution in [0.1, 0.15) is 17.4 Å². The monoisotopic (exact) mass is 395 g/mol. The smallest absolute Gasteiger partial charge is 0.274 e. The van der Waals surface area contributed by atoms with Crippen LogP contribution in [0.4, 0.5) is 0 Å². The zero-order chi connectivity index (χ0) is 20.8. The largest absolute Gasteiger partial charge is 0.492 e. The van der Waals surface area contributed by atoms with Crippen molar-refractivity contribution in [3.05, 3.63) is 54.4 Å². The quantitative estimate of drug-likeness (QED) is 0.629. The second-order valence-corrected chi connectivity index (χ2v) is 6.37. The van der Waals surface area contributed by atoms with Crippen LogP contribution in [0.2, 0.25) is 0 Å². The number of pyridine rings is 1. The maximum absolute atomic E-state index is 12.7. The first-order valence-electron chi connectivity index (χ1n) is 9.36. The van der Waals surface area contributed by atoms with Gasteiger partial charge in [-0.1, -0.05) is 0 Å². The molecule has 29 heavy (non-hydrogen) atoms. The van der Waals surface area contributed by atoms with Crippen LogP contribution in [0, 0.1) is 0 Å². The number of nitrogens with two attached hydrogens (primary N) is 1. The minimum absolute atomic E-state index is 0.142. The fraction of sp³-hybridized carbons (Fsp3) is 0.286. The highest BCUT2D eigenvalue weighted by Gasteiger charge is 2.19. The first-order chi connectivity index (χ1) is 14.1. The van der Waals surface area contributed by atoms with E-state index < -0.39 is 0 Å². The van der Waals surface area contributed by atoms with Crippen molar-refractivity contribution in [1.82, 2.24) is 19.7 Å². The first kappa shape index (κ1) is 20.3. The third kappa shape index (κ3) is 4.55. The van der Waals surface area contributed by atoms with Gasteiger partial charge in [-0.3, -0.25) is 4.79 Å². The summed E-state index contributed by atoms with van der Waals surface area (Å²) in [6.07, 6.45) is 1.66. The summed E-state index contributed by atoms with van der Waals surface area (Å²) in [5.41, 5.74) is 8.24. The van der Waals surface area contributed by atoms with Gasteiger partial charge in [0.1, 0.15) is 12.4 Å². The third-order valence-electron chi connectivity index (χ3n) is 4.46. The molecule has 152 valence electrons. The molecule has 8 nitrogen and oxygen atoms in total. The summed E-state index contributed by atoms with van der Waals surface area (Å²) in [6, 6.07) is 13.0. The molecule has 0 fully saturated rings. The number of ether oxygens (including phenoxy) is 2. The molecule has 0 aliphatic rings. The Kier molecular flexibility index (Phi) is 6.46. The van der Waals surface area contributed by atoms with Gasteiger partial charge in [0.15, 0.2) is 5.69 Å². The maximum Gasteiger partial charge on any atom is 0.274 e. The molecule has 0 atom stereocenters. The van der Waals surface area contributed by atoms with E-state index in [9.17, 15) is 4.79 Å². The van der Waals surface area contributed by atoms with Crippen molar-refractivity contribution in [2.24, 2.45) is 5.73 Å². The summed E-state index contributed by atoms with van der Waals surface area (Å²) in [5, 5.41) is 4.55. The van der Waals surface area contributed by atoms with Gasteiger partial charge in [-0.05, 0) is 43.3 Å². The molecule has 3 aromatic rings. The minimum atomic E-state index is -0.142. The molecule has 2 aromatic heterocycles. The number of amides is 1. The highest BCUT2D eigenvalue weighted by atomic mass is 16.5. The Hall–Kier alpha value is -3.39. The number of hydrogen-bond acceptors (Lipinski definition) is 6. The van der Waals surface area contributed by atoms with E-state index in [-0.39, 0.29) is 5.91 Å². The normalized spacial score (nSPS) is 10.6. The van der Waals surface area contributed by atoms with E-state index in [1.807, 2.05) is 37.3 Å². The molecule has 2 N–H and O–H groups in total. The van der Waals surface area contributed by atoms with Crippen LogP contribution in [0.3, 0.4) is 0 Å². The molecular weight excluding hydrogens is 370 g/mol. The Morgan fingerprint density at radius 2 is 1.97 bits per heavy atom. The average molecular weight is 395 g/mol. The van der Waals surface area contributed by atoms with Gasteiger partial charge >= 0.3 is 0 Å². The summed E-state index contributed by atoms with van der Waals surface area (Å²) in [7, 11) is 3.31. The van der Waals surface area contributed by atoms with Gasteiger partial charge in [0.25, 0.3) is 5.91 Å². The zero-order valence-electron chi connectivity index (χ0n) is 16.8. The second kappa shape index (κ2) is 9.20. The lowest BCUT2D eigenvalue weighted by Crippen LogP contribution is -2.26. The zero-order valence-corrected chi connectivity index (χ0v) is 16.8. The van der Waals surface area contributed by atoms with Gasteiger partial charge in [0.2, 0.25) is 5.88 Å². The van der Waals surface area contributed by atoms with Gasteiger partial charge in [-0.2, -0.15) is 5.10 Å². The molecule has 0 aliphatic carbocycles. The number of nitrogens with zero attached hydrogens (tertiary/aromatic N) is 4. The maximum atomic E-state index is 12.7. The first-order valence-corrected chi connectivity index (χ1v) is 9.36. The summed E-state index contributed by atoms with van der Waals surface area (Å²) in [5.74, 6) is 1.10. The van der Waals surface area contributed by atoms with E-state index in [2.05, 4.69) is 10.1 Å². The molecule has 2 heterocycles. The highest BCUT2D eigenvalue weighted by molar-refractivity contribution is 5.93.